The quantitative estimate of drug-likeness (QED) is 0.664. The van der Waals surface area contributed by atoms with Gasteiger partial charge in [0.25, 0.3) is 5.91 Å². The Labute approximate surface area is 162 Å². The van der Waals surface area contributed by atoms with E-state index in [9.17, 15) is 9.18 Å². The van der Waals surface area contributed by atoms with Gasteiger partial charge in [-0.2, -0.15) is 5.10 Å². The summed E-state index contributed by atoms with van der Waals surface area (Å²) < 4.78 is 14.3. The van der Waals surface area contributed by atoms with E-state index in [0.29, 0.717) is 23.6 Å². The second kappa shape index (κ2) is 9.86. The third-order valence-electron chi connectivity index (χ3n) is 5.79. The minimum Gasteiger partial charge on any atom is -0.351 e. The molecule has 1 aromatic rings. The summed E-state index contributed by atoms with van der Waals surface area (Å²) in [6, 6.07) is 6.67. The summed E-state index contributed by atoms with van der Waals surface area (Å²) >= 11 is 0. The van der Waals surface area contributed by atoms with Gasteiger partial charge in [0.15, 0.2) is 0 Å². The third kappa shape index (κ3) is 5.30. The number of nitrogens with one attached hydrogen (secondary N) is 1. The van der Waals surface area contributed by atoms with Gasteiger partial charge in [-0.15, -0.1) is 0 Å². The van der Waals surface area contributed by atoms with E-state index in [1.54, 1.807) is 6.07 Å². The lowest BCUT2D eigenvalue weighted by Crippen LogP contribution is -2.34. The number of nitrogens with zero attached hydrogens (tertiary/aromatic N) is 2. The number of rotatable bonds is 8. The minimum atomic E-state index is -0.220. The number of hydrazone groups is 1. The van der Waals surface area contributed by atoms with Crippen LogP contribution in [0.2, 0.25) is 0 Å². The lowest BCUT2D eigenvalue weighted by Gasteiger charge is -2.24. The van der Waals surface area contributed by atoms with Crippen LogP contribution in [0.1, 0.15) is 76.3 Å². The molecule has 1 aromatic carbocycles. The van der Waals surface area contributed by atoms with Crippen LogP contribution < -0.4 is 5.32 Å². The van der Waals surface area contributed by atoms with E-state index in [-0.39, 0.29) is 17.8 Å². The molecule has 3 rings (SSSR count). The molecule has 1 atom stereocenters. The summed E-state index contributed by atoms with van der Waals surface area (Å²) in [6.45, 7) is 3.65. The monoisotopic (exact) mass is 373 g/mol. The van der Waals surface area contributed by atoms with Crippen molar-refractivity contribution in [3.8, 4) is 0 Å². The number of amides is 1. The fourth-order valence-corrected chi connectivity index (χ4v) is 4.17. The molecule has 1 amide bonds. The van der Waals surface area contributed by atoms with Gasteiger partial charge in [0, 0.05) is 25.1 Å². The summed E-state index contributed by atoms with van der Waals surface area (Å²) in [5.74, 6) is 0.287. The highest BCUT2D eigenvalue weighted by Crippen LogP contribution is 2.32. The Kier molecular flexibility index (Phi) is 7.25. The molecule has 1 fully saturated rings. The predicted octanol–water partition coefficient (Wildman–Crippen LogP) is 4.82. The normalized spacial score (nSPS) is 20.6. The van der Waals surface area contributed by atoms with Crippen LogP contribution in [-0.2, 0) is 4.79 Å². The molecular weight excluding hydrogens is 341 g/mol. The molecule has 1 unspecified atom stereocenters. The highest BCUT2D eigenvalue weighted by molar-refractivity contribution is 6.39. The molecular formula is C22H32FN3O. The Morgan fingerprint density at radius 2 is 2.00 bits per heavy atom. The number of unbranched alkanes of at least 4 members (excludes halogenated alkanes) is 2. The molecule has 0 saturated heterocycles. The van der Waals surface area contributed by atoms with Gasteiger partial charge in [-0.1, -0.05) is 57.2 Å². The first kappa shape index (κ1) is 19.8. The Bertz CT molecular complexity index is 655. The number of halogens is 1. The second-order valence-electron chi connectivity index (χ2n) is 7.87. The average molecular weight is 374 g/mol. The van der Waals surface area contributed by atoms with Crippen LogP contribution in [0.5, 0.6) is 0 Å². The molecule has 2 aliphatic rings. The van der Waals surface area contributed by atoms with Crippen molar-refractivity contribution in [2.45, 2.75) is 70.8 Å². The van der Waals surface area contributed by atoms with E-state index in [2.05, 4.69) is 17.3 Å². The number of hydrogen-bond donors (Lipinski definition) is 1. The van der Waals surface area contributed by atoms with E-state index in [1.165, 1.54) is 38.2 Å². The molecule has 27 heavy (non-hydrogen) atoms. The van der Waals surface area contributed by atoms with E-state index >= 15 is 0 Å². The van der Waals surface area contributed by atoms with Crippen LogP contribution in [0, 0.1) is 11.7 Å². The summed E-state index contributed by atoms with van der Waals surface area (Å²) in [5.41, 5.74) is 1.17. The Morgan fingerprint density at radius 1 is 1.22 bits per heavy atom. The molecule has 1 heterocycles. The fourth-order valence-electron chi connectivity index (χ4n) is 4.17. The summed E-state index contributed by atoms with van der Waals surface area (Å²) in [7, 11) is 0. The summed E-state index contributed by atoms with van der Waals surface area (Å²) in [6.07, 6.45) is 9.96. The fraction of sp³-hybridized carbons (Fsp3) is 0.636. The molecule has 1 aliphatic heterocycles. The predicted molar refractivity (Wildman–Crippen MR) is 107 cm³/mol. The molecule has 0 bridgehead atoms. The minimum absolute atomic E-state index is 0.0834. The maximum Gasteiger partial charge on any atom is 0.267 e. The highest BCUT2D eigenvalue weighted by atomic mass is 19.1. The first-order valence-electron chi connectivity index (χ1n) is 10.6. The highest BCUT2D eigenvalue weighted by Gasteiger charge is 2.32. The Balaban J connectivity index is 1.64. The Morgan fingerprint density at radius 3 is 2.74 bits per heavy atom. The lowest BCUT2D eigenvalue weighted by molar-refractivity contribution is -0.115. The van der Waals surface area contributed by atoms with Crippen molar-refractivity contribution in [3.63, 3.8) is 0 Å². The van der Waals surface area contributed by atoms with Crippen molar-refractivity contribution >= 4 is 11.6 Å². The molecule has 0 spiro atoms. The van der Waals surface area contributed by atoms with Gasteiger partial charge < -0.3 is 5.32 Å². The molecule has 1 N–H and O–H groups in total. The molecule has 5 heteroatoms. The van der Waals surface area contributed by atoms with Crippen molar-refractivity contribution in [2.24, 2.45) is 11.0 Å². The molecule has 0 radical (unpaired) electrons. The molecule has 1 saturated carbocycles. The molecule has 148 valence electrons. The topological polar surface area (TPSA) is 44.7 Å². The van der Waals surface area contributed by atoms with Gasteiger partial charge in [-0.3, -0.25) is 9.80 Å². The van der Waals surface area contributed by atoms with Crippen molar-refractivity contribution < 1.29 is 9.18 Å². The van der Waals surface area contributed by atoms with Crippen molar-refractivity contribution in [2.75, 3.05) is 13.1 Å². The zero-order chi connectivity index (χ0) is 19.1. The molecule has 4 nitrogen and oxygen atoms in total. The van der Waals surface area contributed by atoms with E-state index in [0.717, 1.165) is 32.4 Å². The molecule has 0 aromatic heterocycles. The largest absolute Gasteiger partial charge is 0.351 e. The standard InChI is InChI=1S/C22H32FN3O/c1-2-3-9-14-26-21(18-12-7-8-13-19(18)23)15-20(25-26)22(27)24-16-17-10-5-4-6-11-17/h7-8,12-13,17,21H,2-6,9-11,14-16H2,1H3,(H,24,27). The summed E-state index contributed by atoms with van der Waals surface area (Å²) in [5, 5.41) is 9.59. The van der Waals surface area contributed by atoms with E-state index in [1.807, 2.05) is 17.1 Å². The maximum atomic E-state index is 14.3. The molecule has 1 aliphatic carbocycles. The second-order valence-corrected chi connectivity index (χ2v) is 7.87. The van der Waals surface area contributed by atoms with Gasteiger partial charge in [0.2, 0.25) is 0 Å². The van der Waals surface area contributed by atoms with Gasteiger partial charge in [-0.25, -0.2) is 4.39 Å². The number of hydrogen-bond acceptors (Lipinski definition) is 3. The smallest absolute Gasteiger partial charge is 0.267 e. The zero-order valence-electron chi connectivity index (χ0n) is 16.4. The van der Waals surface area contributed by atoms with Gasteiger partial charge in [-0.05, 0) is 31.2 Å². The number of carbonyl (C=O) groups excluding carboxylic acids is 1. The number of carbonyl (C=O) groups is 1. The zero-order valence-corrected chi connectivity index (χ0v) is 16.4. The Hall–Kier alpha value is -1.91. The maximum absolute atomic E-state index is 14.3. The third-order valence-corrected chi connectivity index (χ3v) is 5.79. The lowest BCUT2D eigenvalue weighted by atomic mass is 9.89. The van der Waals surface area contributed by atoms with Crippen LogP contribution in [0.15, 0.2) is 29.4 Å². The van der Waals surface area contributed by atoms with Crippen LogP contribution in [0.4, 0.5) is 4.39 Å². The van der Waals surface area contributed by atoms with Crippen molar-refractivity contribution in [1.82, 2.24) is 10.3 Å². The van der Waals surface area contributed by atoms with Gasteiger partial charge >= 0.3 is 0 Å². The van der Waals surface area contributed by atoms with Crippen molar-refractivity contribution in [3.05, 3.63) is 35.6 Å². The van der Waals surface area contributed by atoms with Gasteiger partial charge in [0.1, 0.15) is 11.5 Å². The van der Waals surface area contributed by atoms with Crippen LogP contribution >= 0.6 is 0 Å². The van der Waals surface area contributed by atoms with Crippen LogP contribution in [0.25, 0.3) is 0 Å². The number of benzene rings is 1. The van der Waals surface area contributed by atoms with Crippen molar-refractivity contribution in [1.29, 1.82) is 0 Å². The first-order valence-corrected chi connectivity index (χ1v) is 10.6. The van der Waals surface area contributed by atoms with Gasteiger partial charge in [0.05, 0.1) is 6.04 Å². The summed E-state index contributed by atoms with van der Waals surface area (Å²) in [4.78, 5) is 12.7. The van der Waals surface area contributed by atoms with Crippen LogP contribution in [-0.4, -0.2) is 29.7 Å². The average Bonchev–Trinajstić information content (AvgIpc) is 3.11. The van der Waals surface area contributed by atoms with E-state index < -0.39 is 0 Å². The first-order chi connectivity index (χ1) is 13.2. The van der Waals surface area contributed by atoms with E-state index in [4.69, 9.17) is 0 Å². The van der Waals surface area contributed by atoms with Crippen LogP contribution in [0.3, 0.4) is 0 Å². The SMILES string of the molecule is CCCCCN1N=C(C(=O)NCC2CCCCC2)CC1c1ccccc1F.